The third-order valence-corrected chi connectivity index (χ3v) is 5.79. The Balaban J connectivity index is 1.44. The van der Waals surface area contributed by atoms with Gasteiger partial charge in [-0.25, -0.2) is 0 Å². The zero-order valence-corrected chi connectivity index (χ0v) is 14.6. The molecular formula is C17H25N3O2S. The van der Waals surface area contributed by atoms with E-state index in [0.29, 0.717) is 5.91 Å². The van der Waals surface area contributed by atoms with Gasteiger partial charge >= 0.3 is 0 Å². The molecule has 1 aromatic heterocycles. The largest absolute Gasteiger partial charge is 0.343 e. The van der Waals surface area contributed by atoms with Gasteiger partial charge in [0.1, 0.15) is 0 Å². The molecule has 0 saturated carbocycles. The Morgan fingerprint density at radius 3 is 2.35 bits per heavy atom. The van der Waals surface area contributed by atoms with Gasteiger partial charge in [0.15, 0.2) is 0 Å². The first-order valence-electron chi connectivity index (χ1n) is 8.42. The highest BCUT2D eigenvalue weighted by Crippen LogP contribution is 2.21. The van der Waals surface area contributed by atoms with E-state index < -0.39 is 0 Å². The van der Waals surface area contributed by atoms with E-state index in [1.807, 2.05) is 9.80 Å². The standard InChI is InChI=1S/C17H25N3O2S/c1-14(21)19-6-4-15(5-7-19)17(22)20-10-8-18(9-11-20)13-16-3-2-12-23-16/h2-3,12,15H,4-11,13H2,1H3. The first kappa shape index (κ1) is 16.5. The normalized spacial score (nSPS) is 20.7. The third-order valence-electron chi connectivity index (χ3n) is 4.93. The molecule has 6 heteroatoms. The van der Waals surface area contributed by atoms with E-state index in [1.54, 1.807) is 18.3 Å². The number of piperidine rings is 1. The Hall–Kier alpha value is -1.40. The van der Waals surface area contributed by atoms with Crippen LogP contribution >= 0.6 is 11.3 Å². The summed E-state index contributed by atoms with van der Waals surface area (Å²) in [6.45, 7) is 7.62. The number of carbonyl (C=O) groups excluding carboxylic acids is 2. The summed E-state index contributed by atoms with van der Waals surface area (Å²) in [6, 6.07) is 4.26. The topological polar surface area (TPSA) is 43.9 Å². The van der Waals surface area contributed by atoms with E-state index in [0.717, 1.165) is 58.7 Å². The maximum absolute atomic E-state index is 12.7. The summed E-state index contributed by atoms with van der Waals surface area (Å²) < 4.78 is 0. The van der Waals surface area contributed by atoms with Crippen molar-refractivity contribution in [2.75, 3.05) is 39.3 Å². The van der Waals surface area contributed by atoms with E-state index in [2.05, 4.69) is 22.4 Å². The van der Waals surface area contributed by atoms with Gasteiger partial charge in [0.2, 0.25) is 11.8 Å². The van der Waals surface area contributed by atoms with E-state index in [4.69, 9.17) is 0 Å². The second-order valence-electron chi connectivity index (χ2n) is 6.46. The predicted molar refractivity (Wildman–Crippen MR) is 91.2 cm³/mol. The Morgan fingerprint density at radius 1 is 1.09 bits per heavy atom. The summed E-state index contributed by atoms with van der Waals surface area (Å²) >= 11 is 1.79. The highest BCUT2D eigenvalue weighted by Gasteiger charge is 2.30. The first-order chi connectivity index (χ1) is 11.1. The summed E-state index contributed by atoms with van der Waals surface area (Å²) in [7, 11) is 0. The van der Waals surface area contributed by atoms with Crippen LogP contribution in [0.3, 0.4) is 0 Å². The van der Waals surface area contributed by atoms with Crippen LogP contribution in [0.1, 0.15) is 24.6 Å². The van der Waals surface area contributed by atoms with Gasteiger partial charge in [0.05, 0.1) is 0 Å². The quantitative estimate of drug-likeness (QED) is 0.844. The van der Waals surface area contributed by atoms with Crippen LogP contribution in [0.15, 0.2) is 17.5 Å². The van der Waals surface area contributed by atoms with Crippen molar-refractivity contribution < 1.29 is 9.59 Å². The van der Waals surface area contributed by atoms with Gasteiger partial charge in [-0.3, -0.25) is 14.5 Å². The summed E-state index contributed by atoms with van der Waals surface area (Å²) in [5.41, 5.74) is 0. The lowest BCUT2D eigenvalue weighted by atomic mass is 9.95. The maximum Gasteiger partial charge on any atom is 0.225 e. The van der Waals surface area contributed by atoms with Crippen LogP contribution < -0.4 is 0 Å². The molecule has 2 amide bonds. The zero-order chi connectivity index (χ0) is 16.2. The van der Waals surface area contributed by atoms with Crippen molar-refractivity contribution in [1.29, 1.82) is 0 Å². The van der Waals surface area contributed by atoms with Crippen LogP contribution in [0.5, 0.6) is 0 Å². The molecule has 3 rings (SSSR count). The Labute approximate surface area is 141 Å². The number of rotatable bonds is 3. The lowest BCUT2D eigenvalue weighted by Crippen LogP contribution is -2.51. The van der Waals surface area contributed by atoms with Crippen molar-refractivity contribution in [2.24, 2.45) is 5.92 Å². The number of hydrogen-bond donors (Lipinski definition) is 0. The number of amides is 2. The average Bonchev–Trinajstić information content (AvgIpc) is 3.08. The molecule has 0 spiro atoms. The smallest absolute Gasteiger partial charge is 0.225 e. The van der Waals surface area contributed by atoms with E-state index in [1.165, 1.54) is 4.88 Å². The number of piperazine rings is 1. The van der Waals surface area contributed by atoms with Gasteiger partial charge in [-0.05, 0) is 24.3 Å². The first-order valence-corrected chi connectivity index (χ1v) is 9.30. The summed E-state index contributed by atoms with van der Waals surface area (Å²) in [6.07, 6.45) is 1.63. The van der Waals surface area contributed by atoms with Crippen molar-refractivity contribution in [3.63, 3.8) is 0 Å². The van der Waals surface area contributed by atoms with Crippen LogP contribution in [0, 0.1) is 5.92 Å². The van der Waals surface area contributed by atoms with Gasteiger partial charge in [0.25, 0.3) is 0 Å². The minimum absolute atomic E-state index is 0.106. The predicted octanol–water partition coefficient (Wildman–Crippen LogP) is 1.65. The minimum atomic E-state index is 0.106. The molecule has 0 unspecified atom stereocenters. The molecule has 0 atom stereocenters. The molecular weight excluding hydrogens is 310 g/mol. The number of hydrogen-bond acceptors (Lipinski definition) is 4. The van der Waals surface area contributed by atoms with Crippen LogP contribution in [0.25, 0.3) is 0 Å². The fraction of sp³-hybridized carbons (Fsp3) is 0.647. The fourth-order valence-electron chi connectivity index (χ4n) is 3.45. The molecule has 1 aromatic rings. The van der Waals surface area contributed by atoms with Gasteiger partial charge in [-0.2, -0.15) is 0 Å². The molecule has 2 fully saturated rings. The van der Waals surface area contributed by atoms with E-state index in [9.17, 15) is 9.59 Å². The van der Waals surface area contributed by atoms with Crippen molar-refractivity contribution in [1.82, 2.24) is 14.7 Å². The van der Waals surface area contributed by atoms with Crippen molar-refractivity contribution in [2.45, 2.75) is 26.3 Å². The second-order valence-corrected chi connectivity index (χ2v) is 7.49. The average molecular weight is 335 g/mol. The molecule has 126 valence electrons. The third kappa shape index (κ3) is 4.12. The van der Waals surface area contributed by atoms with E-state index in [-0.39, 0.29) is 11.8 Å². The van der Waals surface area contributed by atoms with Gasteiger partial charge < -0.3 is 9.80 Å². The molecule has 0 aromatic carbocycles. The fourth-order valence-corrected chi connectivity index (χ4v) is 4.20. The monoisotopic (exact) mass is 335 g/mol. The molecule has 0 N–H and O–H groups in total. The highest BCUT2D eigenvalue weighted by molar-refractivity contribution is 7.09. The summed E-state index contributed by atoms with van der Waals surface area (Å²) in [5.74, 6) is 0.525. The second kappa shape index (κ2) is 7.45. The number of likely N-dealkylation sites (tertiary alicyclic amines) is 1. The lowest BCUT2D eigenvalue weighted by Gasteiger charge is -2.38. The maximum atomic E-state index is 12.7. The molecule has 5 nitrogen and oxygen atoms in total. The SMILES string of the molecule is CC(=O)N1CCC(C(=O)N2CCN(Cc3cccs3)CC2)CC1. The molecule has 0 radical (unpaired) electrons. The number of carbonyl (C=O) groups is 2. The summed E-state index contributed by atoms with van der Waals surface area (Å²) in [5, 5.41) is 2.11. The molecule has 2 aliphatic rings. The van der Waals surface area contributed by atoms with Crippen LogP contribution in [-0.4, -0.2) is 65.8 Å². The molecule has 3 heterocycles. The molecule has 2 aliphatic heterocycles. The number of nitrogens with zero attached hydrogens (tertiary/aromatic N) is 3. The number of thiophene rings is 1. The minimum Gasteiger partial charge on any atom is -0.343 e. The Bertz CT molecular complexity index is 530. The van der Waals surface area contributed by atoms with Gasteiger partial charge in [0, 0.05) is 63.5 Å². The molecule has 2 saturated heterocycles. The highest BCUT2D eigenvalue weighted by atomic mass is 32.1. The van der Waals surface area contributed by atoms with Crippen LogP contribution in [0.4, 0.5) is 0 Å². The van der Waals surface area contributed by atoms with E-state index >= 15 is 0 Å². The van der Waals surface area contributed by atoms with Gasteiger partial charge in [-0.1, -0.05) is 6.07 Å². The molecule has 0 aliphatic carbocycles. The molecule has 0 bridgehead atoms. The van der Waals surface area contributed by atoms with Crippen LogP contribution in [0.2, 0.25) is 0 Å². The van der Waals surface area contributed by atoms with Crippen molar-refractivity contribution in [3.8, 4) is 0 Å². The zero-order valence-electron chi connectivity index (χ0n) is 13.7. The summed E-state index contributed by atoms with van der Waals surface area (Å²) in [4.78, 5) is 31.7. The molecule has 23 heavy (non-hydrogen) atoms. The van der Waals surface area contributed by atoms with Crippen molar-refractivity contribution >= 4 is 23.2 Å². The Morgan fingerprint density at radius 2 is 1.78 bits per heavy atom. The van der Waals surface area contributed by atoms with Gasteiger partial charge in [-0.15, -0.1) is 11.3 Å². The Kier molecular flexibility index (Phi) is 5.33. The van der Waals surface area contributed by atoms with Crippen LogP contribution in [-0.2, 0) is 16.1 Å². The lowest BCUT2D eigenvalue weighted by molar-refractivity contribution is -0.141. The van der Waals surface area contributed by atoms with Crippen molar-refractivity contribution in [3.05, 3.63) is 22.4 Å².